The van der Waals surface area contributed by atoms with Gasteiger partial charge in [-0.2, -0.15) is 0 Å². The maximum atomic E-state index is 12.1. The van der Waals surface area contributed by atoms with Crippen LogP contribution in [0.4, 0.5) is 5.69 Å². The highest BCUT2D eigenvalue weighted by Gasteiger charge is 2.09. The van der Waals surface area contributed by atoms with Crippen LogP contribution in [0.15, 0.2) is 42.7 Å². The van der Waals surface area contributed by atoms with Gasteiger partial charge in [-0.25, -0.2) is 4.98 Å². The molecule has 3 rings (SSSR count). The Labute approximate surface area is 134 Å². The number of carbonyl (C=O) groups is 1. The second-order valence-electron chi connectivity index (χ2n) is 5.62. The fourth-order valence-electron chi connectivity index (χ4n) is 2.38. The van der Waals surface area contributed by atoms with Crippen LogP contribution in [0, 0.1) is 20.8 Å². The number of pyridine rings is 1. The van der Waals surface area contributed by atoms with E-state index < -0.39 is 0 Å². The number of nitrogens with zero attached hydrogens (tertiary/aromatic N) is 2. The molecule has 0 bridgehead atoms. The lowest BCUT2D eigenvalue weighted by atomic mass is 10.1. The van der Waals surface area contributed by atoms with E-state index in [1.54, 1.807) is 0 Å². The topological polar surface area (TPSA) is 55.6 Å². The molecule has 0 atom stereocenters. The van der Waals surface area contributed by atoms with Gasteiger partial charge in [-0.3, -0.25) is 4.79 Å². The van der Waals surface area contributed by atoms with Crippen molar-refractivity contribution in [2.45, 2.75) is 20.8 Å². The number of hydrogen-bond acceptors (Lipinski definition) is 3. The van der Waals surface area contributed by atoms with E-state index in [4.69, 9.17) is 4.74 Å². The normalized spacial score (nSPS) is 10.7. The van der Waals surface area contributed by atoms with Crippen LogP contribution in [0.1, 0.15) is 16.8 Å². The molecular weight excluding hydrogens is 290 g/mol. The molecule has 118 valence electrons. The van der Waals surface area contributed by atoms with Gasteiger partial charge < -0.3 is 14.5 Å². The molecule has 0 aliphatic rings. The molecule has 0 radical (unpaired) electrons. The van der Waals surface area contributed by atoms with Crippen molar-refractivity contribution < 1.29 is 9.53 Å². The van der Waals surface area contributed by atoms with Crippen LogP contribution in [-0.2, 0) is 4.79 Å². The standard InChI is InChI=1S/C18H19N3O2/c1-12-6-7-15(9-13(12)2)20-17(22)11-23-16-5-4-8-21-10-14(3)19-18(16)21/h4-10H,11H2,1-3H3,(H,20,22). The lowest BCUT2D eigenvalue weighted by Gasteiger charge is -2.09. The molecule has 5 nitrogen and oxygen atoms in total. The van der Waals surface area contributed by atoms with E-state index in [-0.39, 0.29) is 12.5 Å². The predicted molar refractivity (Wildman–Crippen MR) is 90.0 cm³/mol. The minimum Gasteiger partial charge on any atom is -0.480 e. The molecule has 23 heavy (non-hydrogen) atoms. The maximum absolute atomic E-state index is 12.1. The summed E-state index contributed by atoms with van der Waals surface area (Å²) in [5.41, 5.74) is 4.73. The van der Waals surface area contributed by atoms with Crippen molar-refractivity contribution in [3.63, 3.8) is 0 Å². The molecule has 0 unspecified atom stereocenters. The van der Waals surface area contributed by atoms with E-state index in [1.807, 2.05) is 67.9 Å². The molecule has 1 aromatic carbocycles. The van der Waals surface area contributed by atoms with Gasteiger partial charge in [0.05, 0.1) is 5.69 Å². The van der Waals surface area contributed by atoms with Crippen molar-refractivity contribution >= 4 is 17.2 Å². The van der Waals surface area contributed by atoms with Crippen LogP contribution in [0.25, 0.3) is 5.65 Å². The van der Waals surface area contributed by atoms with Crippen LogP contribution in [-0.4, -0.2) is 21.9 Å². The van der Waals surface area contributed by atoms with Crippen molar-refractivity contribution in [3.05, 3.63) is 59.5 Å². The number of aryl methyl sites for hydroxylation is 3. The van der Waals surface area contributed by atoms with Gasteiger partial charge in [0.1, 0.15) is 0 Å². The third kappa shape index (κ3) is 3.34. The number of nitrogens with one attached hydrogen (secondary N) is 1. The van der Waals surface area contributed by atoms with Gasteiger partial charge in [0.25, 0.3) is 5.91 Å². The Morgan fingerprint density at radius 2 is 2.04 bits per heavy atom. The van der Waals surface area contributed by atoms with Crippen LogP contribution in [0.2, 0.25) is 0 Å². The molecule has 3 aromatic rings. The largest absolute Gasteiger partial charge is 0.480 e. The zero-order valence-corrected chi connectivity index (χ0v) is 13.5. The number of imidazole rings is 1. The molecule has 1 amide bonds. The number of hydrogen-bond donors (Lipinski definition) is 1. The quantitative estimate of drug-likeness (QED) is 0.804. The van der Waals surface area contributed by atoms with E-state index in [0.717, 1.165) is 16.9 Å². The summed E-state index contributed by atoms with van der Waals surface area (Å²) in [7, 11) is 0. The zero-order chi connectivity index (χ0) is 16.4. The van der Waals surface area contributed by atoms with Gasteiger partial charge in [0.2, 0.25) is 0 Å². The summed E-state index contributed by atoms with van der Waals surface area (Å²) in [6.45, 7) is 5.92. The molecular formula is C18H19N3O2. The average molecular weight is 309 g/mol. The number of ether oxygens (including phenoxy) is 1. The van der Waals surface area contributed by atoms with Crippen LogP contribution in [0.3, 0.4) is 0 Å². The predicted octanol–water partition coefficient (Wildman–Crippen LogP) is 3.28. The highest BCUT2D eigenvalue weighted by atomic mass is 16.5. The summed E-state index contributed by atoms with van der Waals surface area (Å²) >= 11 is 0. The smallest absolute Gasteiger partial charge is 0.262 e. The molecule has 0 saturated heterocycles. The Kier molecular flexibility index (Phi) is 4.02. The van der Waals surface area contributed by atoms with E-state index in [2.05, 4.69) is 10.3 Å². The Balaban J connectivity index is 1.67. The lowest BCUT2D eigenvalue weighted by molar-refractivity contribution is -0.118. The van der Waals surface area contributed by atoms with Crippen molar-refractivity contribution in [2.75, 3.05) is 11.9 Å². The molecule has 0 fully saturated rings. The van der Waals surface area contributed by atoms with Gasteiger partial charge in [-0.15, -0.1) is 0 Å². The van der Waals surface area contributed by atoms with Gasteiger partial charge in [0.15, 0.2) is 18.0 Å². The molecule has 0 spiro atoms. The van der Waals surface area contributed by atoms with E-state index in [9.17, 15) is 4.79 Å². The molecule has 2 heterocycles. The minimum absolute atomic E-state index is 0.0570. The van der Waals surface area contributed by atoms with Crippen LogP contribution in [0.5, 0.6) is 5.75 Å². The second kappa shape index (κ2) is 6.12. The molecule has 0 saturated carbocycles. The number of benzene rings is 1. The zero-order valence-electron chi connectivity index (χ0n) is 13.5. The minimum atomic E-state index is -0.196. The SMILES string of the molecule is Cc1cn2cccc(OCC(=O)Nc3ccc(C)c(C)c3)c2n1. The van der Waals surface area contributed by atoms with Gasteiger partial charge in [0, 0.05) is 18.1 Å². The highest BCUT2D eigenvalue weighted by molar-refractivity contribution is 5.92. The molecule has 0 aliphatic carbocycles. The first kappa shape index (κ1) is 15.1. The third-order valence-corrected chi connectivity index (χ3v) is 3.72. The number of anilines is 1. The van der Waals surface area contributed by atoms with Crippen molar-refractivity contribution in [3.8, 4) is 5.75 Å². The van der Waals surface area contributed by atoms with Crippen LogP contribution < -0.4 is 10.1 Å². The highest BCUT2D eigenvalue weighted by Crippen LogP contribution is 2.19. The Bertz CT molecular complexity index is 868. The number of carbonyl (C=O) groups excluding carboxylic acids is 1. The summed E-state index contributed by atoms with van der Waals surface area (Å²) in [6, 6.07) is 9.50. The second-order valence-corrected chi connectivity index (χ2v) is 5.62. The number of fused-ring (bicyclic) bond motifs is 1. The molecule has 2 aromatic heterocycles. The van der Waals surface area contributed by atoms with Gasteiger partial charge >= 0.3 is 0 Å². The number of rotatable bonds is 4. The van der Waals surface area contributed by atoms with Crippen LogP contribution >= 0.6 is 0 Å². The summed E-state index contributed by atoms with van der Waals surface area (Å²) in [5.74, 6) is 0.398. The summed E-state index contributed by atoms with van der Waals surface area (Å²) in [6.07, 6.45) is 3.81. The Morgan fingerprint density at radius 1 is 1.22 bits per heavy atom. The molecule has 1 N–H and O–H groups in total. The number of amides is 1. The molecule has 5 heteroatoms. The van der Waals surface area contributed by atoms with Gasteiger partial charge in [-0.1, -0.05) is 6.07 Å². The average Bonchev–Trinajstić information content (AvgIpc) is 2.89. The first-order valence-corrected chi connectivity index (χ1v) is 7.47. The van der Waals surface area contributed by atoms with Crippen molar-refractivity contribution in [1.82, 2.24) is 9.38 Å². The Morgan fingerprint density at radius 3 is 2.83 bits per heavy atom. The first-order chi connectivity index (χ1) is 11.0. The lowest BCUT2D eigenvalue weighted by Crippen LogP contribution is -2.20. The Hall–Kier alpha value is -2.82. The van der Waals surface area contributed by atoms with Gasteiger partial charge in [-0.05, 0) is 56.2 Å². The monoisotopic (exact) mass is 309 g/mol. The summed E-state index contributed by atoms with van der Waals surface area (Å²) < 4.78 is 7.51. The van der Waals surface area contributed by atoms with Crippen molar-refractivity contribution in [1.29, 1.82) is 0 Å². The number of aromatic nitrogens is 2. The summed E-state index contributed by atoms with van der Waals surface area (Å²) in [4.78, 5) is 16.5. The van der Waals surface area contributed by atoms with E-state index in [0.29, 0.717) is 11.4 Å². The third-order valence-electron chi connectivity index (χ3n) is 3.72. The van der Waals surface area contributed by atoms with Crippen molar-refractivity contribution in [2.24, 2.45) is 0 Å². The first-order valence-electron chi connectivity index (χ1n) is 7.47. The molecule has 0 aliphatic heterocycles. The van der Waals surface area contributed by atoms with E-state index in [1.165, 1.54) is 5.56 Å². The summed E-state index contributed by atoms with van der Waals surface area (Å²) in [5, 5.41) is 2.84. The fraction of sp³-hybridized carbons (Fsp3) is 0.222. The fourth-order valence-corrected chi connectivity index (χ4v) is 2.38. The van der Waals surface area contributed by atoms with E-state index >= 15 is 0 Å². The maximum Gasteiger partial charge on any atom is 0.262 e.